The molecule has 0 saturated heterocycles. The maximum atomic E-state index is 12.5. The molecule has 0 aliphatic rings. The van der Waals surface area contributed by atoms with Gasteiger partial charge in [-0.05, 0) is 23.6 Å². The second-order valence-electron chi connectivity index (χ2n) is 7.07. The number of benzene rings is 1. The Bertz CT molecular complexity index is 752. The molecule has 0 aliphatic carbocycles. The molecule has 1 rings (SSSR count). The van der Waals surface area contributed by atoms with E-state index in [-0.39, 0.29) is 18.1 Å². The molecule has 11 nitrogen and oxygen atoms in total. The van der Waals surface area contributed by atoms with E-state index in [9.17, 15) is 24.3 Å². The van der Waals surface area contributed by atoms with Crippen LogP contribution in [0.2, 0.25) is 0 Å². The maximum Gasteiger partial charge on any atom is 0.326 e. The molecule has 3 unspecified atom stereocenters. The van der Waals surface area contributed by atoms with Crippen LogP contribution in [0.3, 0.4) is 0 Å². The van der Waals surface area contributed by atoms with Crippen molar-refractivity contribution in [3.8, 4) is 5.75 Å². The number of aliphatic hydroxyl groups excluding tert-OH is 1. The van der Waals surface area contributed by atoms with E-state index in [1.807, 2.05) is 0 Å². The van der Waals surface area contributed by atoms with Gasteiger partial charge in [0.1, 0.15) is 23.9 Å². The summed E-state index contributed by atoms with van der Waals surface area (Å²) in [7, 11) is 0. The maximum absolute atomic E-state index is 12.5. The number of aliphatic carboxylic acids is 1. The molecule has 0 saturated carbocycles. The van der Waals surface area contributed by atoms with Crippen molar-refractivity contribution in [3.05, 3.63) is 29.8 Å². The number of phenolic OH excluding ortho intramolecular Hbond substituents is 1. The number of aromatic hydroxyl groups is 1. The molecular formula is C19H28N4O7. The lowest BCUT2D eigenvalue weighted by Gasteiger charge is -2.21. The van der Waals surface area contributed by atoms with E-state index in [1.165, 1.54) is 12.1 Å². The van der Waals surface area contributed by atoms with Gasteiger partial charge in [0.15, 0.2) is 0 Å². The lowest BCUT2D eigenvalue weighted by Crippen LogP contribution is -2.55. The number of nitrogens with one attached hydrogen (secondary N) is 3. The molecule has 0 bridgehead atoms. The second-order valence-corrected chi connectivity index (χ2v) is 7.07. The van der Waals surface area contributed by atoms with Crippen LogP contribution in [0, 0.1) is 5.92 Å². The molecule has 0 heterocycles. The number of carboxylic acids is 1. The van der Waals surface area contributed by atoms with E-state index in [1.54, 1.807) is 26.0 Å². The first-order chi connectivity index (χ1) is 14.0. The number of nitrogens with two attached hydrogens (primary N) is 1. The highest BCUT2D eigenvalue weighted by molar-refractivity contribution is 5.92. The van der Waals surface area contributed by atoms with Crippen molar-refractivity contribution in [1.82, 2.24) is 16.0 Å². The smallest absolute Gasteiger partial charge is 0.326 e. The van der Waals surface area contributed by atoms with E-state index in [2.05, 4.69) is 16.0 Å². The normalized spacial score (nSPS) is 13.8. The zero-order valence-electron chi connectivity index (χ0n) is 16.8. The highest BCUT2D eigenvalue weighted by atomic mass is 16.4. The van der Waals surface area contributed by atoms with E-state index < -0.39 is 55.0 Å². The topological polar surface area (TPSA) is 191 Å². The zero-order valence-corrected chi connectivity index (χ0v) is 16.8. The van der Waals surface area contributed by atoms with Gasteiger partial charge in [-0.2, -0.15) is 0 Å². The highest BCUT2D eigenvalue weighted by Crippen LogP contribution is 2.11. The highest BCUT2D eigenvalue weighted by Gasteiger charge is 2.26. The van der Waals surface area contributed by atoms with Crippen molar-refractivity contribution < 1.29 is 34.5 Å². The number of hydrogen-bond donors (Lipinski definition) is 7. The summed E-state index contributed by atoms with van der Waals surface area (Å²) < 4.78 is 0. The number of carbonyl (C=O) groups excluding carboxylic acids is 3. The molecule has 30 heavy (non-hydrogen) atoms. The molecule has 0 radical (unpaired) electrons. The number of phenols is 1. The number of aliphatic hydroxyl groups is 1. The standard InChI is InChI=1S/C19H28N4O7/c1-10(2)16(19(29)30)23-15(26)8-21-18(28)14(22-17(27)13(20)9-24)7-11-3-5-12(25)6-4-11/h3-6,10,13-14,16,24-25H,7-9,20H2,1-2H3,(H,21,28)(H,22,27)(H,23,26)(H,29,30). The van der Waals surface area contributed by atoms with Crippen LogP contribution in [0.5, 0.6) is 5.75 Å². The van der Waals surface area contributed by atoms with Crippen LogP contribution in [-0.4, -0.2) is 70.3 Å². The molecule has 0 spiro atoms. The van der Waals surface area contributed by atoms with Crippen LogP contribution in [0.1, 0.15) is 19.4 Å². The largest absolute Gasteiger partial charge is 0.508 e. The van der Waals surface area contributed by atoms with Crippen LogP contribution in [0.15, 0.2) is 24.3 Å². The Labute approximate surface area is 173 Å². The monoisotopic (exact) mass is 424 g/mol. The van der Waals surface area contributed by atoms with Gasteiger partial charge >= 0.3 is 5.97 Å². The van der Waals surface area contributed by atoms with Gasteiger partial charge in [-0.3, -0.25) is 14.4 Å². The third-order valence-corrected chi connectivity index (χ3v) is 4.21. The minimum atomic E-state index is -1.23. The Morgan fingerprint density at radius 1 is 1.03 bits per heavy atom. The summed E-state index contributed by atoms with van der Waals surface area (Å²) in [4.78, 5) is 47.7. The van der Waals surface area contributed by atoms with Crippen molar-refractivity contribution in [2.75, 3.05) is 13.2 Å². The Morgan fingerprint density at radius 3 is 2.13 bits per heavy atom. The summed E-state index contributed by atoms with van der Waals surface area (Å²) in [6, 6.07) is 2.48. The summed E-state index contributed by atoms with van der Waals surface area (Å²) in [5.41, 5.74) is 6.08. The first-order valence-electron chi connectivity index (χ1n) is 9.29. The van der Waals surface area contributed by atoms with Crippen LogP contribution in [0.4, 0.5) is 0 Å². The van der Waals surface area contributed by atoms with E-state index in [0.29, 0.717) is 5.56 Å². The van der Waals surface area contributed by atoms with Crippen LogP contribution in [0.25, 0.3) is 0 Å². The van der Waals surface area contributed by atoms with Gasteiger partial charge in [0.25, 0.3) is 0 Å². The van der Waals surface area contributed by atoms with Gasteiger partial charge in [-0.25, -0.2) is 4.79 Å². The fraction of sp³-hybridized carbons (Fsp3) is 0.474. The molecule has 11 heteroatoms. The van der Waals surface area contributed by atoms with Gasteiger partial charge in [0.2, 0.25) is 17.7 Å². The Balaban J connectivity index is 2.80. The van der Waals surface area contributed by atoms with Crippen molar-refractivity contribution in [2.24, 2.45) is 11.7 Å². The molecule has 8 N–H and O–H groups in total. The molecule has 1 aromatic carbocycles. The minimum Gasteiger partial charge on any atom is -0.508 e. The number of rotatable bonds is 11. The third kappa shape index (κ3) is 8.05. The number of carbonyl (C=O) groups is 4. The number of carboxylic acid groups (broad SMARTS) is 1. The third-order valence-electron chi connectivity index (χ3n) is 4.21. The first-order valence-corrected chi connectivity index (χ1v) is 9.29. The first kappa shape index (κ1) is 24.9. The molecule has 3 atom stereocenters. The lowest BCUT2D eigenvalue weighted by atomic mass is 10.0. The average molecular weight is 424 g/mol. The van der Waals surface area contributed by atoms with Crippen LogP contribution in [-0.2, 0) is 25.6 Å². The predicted octanol–water partition coefficient (Wildman–Crippen LogP) is -1.92. The molecule has 0 aromatic heterocycles. The minimum absolute atomic E-state index is 0.0286. The molecule has 3 amide bonds. The summed E-state index contributed by atoms with van der Waals surface area (Å²) in [6.45, 7) is 2.15. The Hall–Kier alpha value is -3.18. The van der Waals surface area contributed by atoms with Gasteiger partial charge in [0.05, 0.1) is 13.2 Å². The Morgan fingerprint density at radius 2 is 1.63 bits per heavy atom. The molecule has 0 fully saturated rings. The summed E-state index contributed by atoms with van der Waals surface area (Å²) in [5, 5.41) is 34.6. The fourth-order valence-corrected chi connectivity index (χ4v) is 2.47. The fourth-order valence-electron chi connectivity index (χ4n) is 2.47. The van der Waals surface area contributed by atoms with Crippen molar-refractivity contribution >= 4 is 23.7 Å². The molecule has 0 aliphatic heterocycles. The summed E-state index contributed by atoms with van der Waals surface area (Å²) in [6.07, 6.45) is 0.0291. The van der Waals surface area contributed by atoms with Crippen LogP contribution >= 0.6 is 0 Å². The quantitative estimate of drug-likeness (QED) is 0.214. The van der Waals surface area contributed by atoms with Gasteiger partial charge in [0, 0.05) is 6.42 Å². The lowest BCUT2D eigenvalue weighted by molar-refractivity contribution is -0.143. The number of hydrogen-bond acceptors (Lipinski definition) is 7. The summed E-state index contributed by atoms with van der Waals surface area (Å²) in [5.74, 6) is -3.68. The zero-order chi connectivity index (χ0) is 22.8. The predicted molar refractivity (Wildman–Crippen MR) is 106 cm³/mol. The van der Waals surface area contributed by atoms with E-state index >= 15 is 0 Å². The molecule has 166 valence electrons. The SMILES string of the molecule is CC(C)C(NC(=O)CNC(=O)C(Cc1ccc(O)cc1)NC(=O)C(N)CO)C(=O)O. The Kier molecular flexibility index (Phi) is 9.72. The summed E-state index contributed by atoms with van der Waals surface area (Å²) >= 11 is 0. The average Bonchev–Trinajstić information content (AvgIpc) is 2.69. The van der Waals surface area contributed by atoms with Gasteiger partial charge < -0.3 is 37.0 Å². The van der Waals surface area contributed by atoms with Gasteiger partial charge in [-0.1, -0.05) is 26.0 Å². The molecular weight excluding hydrogens is 396 g/mol. The second kappa shape index (κ2) is 11.7. The van der Waals surface area contributed by atoms with Crippen molar-refractivity contribution in [3.63, 3.8) is 0 Å². The van der Waals surface area contributed by atoms with E-state index in [4.69, 9.17) is 15.9 Å². The van der Waals surface area contributed by atoms with E-state index in [0.717, 1.165) is 0 Å². The van der Waals surface area contributed by atoms with Crippen molar-refractivity contribution in [2.45, 2.75) is 38.4 Å². The number of amides is 3. The van der Waals surface area contributed by atoms with Gasteiger partial charge in [-0.15, -0.1) is 0 Å². The molecule has 1 aromatic rings. The van der Waals surface area contributed by atoms with Crippen molar-refractivity contribution in [1.29, 1.82) is 0 Å². The van der Waals surface area contributed by atoms with Crippen LogP contribution < -0.4 is 21.7 Å².